The van der Waals surface area contributed by atoms with Crippen LogP contribution in [0.25, 0.3) is 0 Å². The van der Waals surface area contributed by atoms with E-state index in [1.54, 1.807) is 6.07 Å². The van der Waals surface area contributed by atoms with Crippen molar-refractivity contribution < 1.29 is 22.3 Å². The Hall–Kier alpha value is -1.83. The number of hydrogen-bond acceptors (Lipinski definition) is 3. The van der Waals surface area contributed by atoms with Crippen LogP contribution in [0.4, 0.5) is 17.6 Å². The highest BCUT2D eigenvalue weighted by Gasteiger charge is 2.31. The molecular formula is C18H17ClF4N2O. The van der Waals surface area contributed by atoms with Crippen molar-refractivity contribution in [3.8, 4) is 5.75 Å². The Bertz CT molecular complexity index is 746. The van der Waals surface area contributed by atoms with E-state index in [-0.39, 0.29) is 5.75 Å². The molecule has 0 amide bonds. The molecule has 2 aromatic rings. The third-order valence-electron chi connectivity index (χ3n) is 4.20. The molecule has 1 heterocycles. The summed E-state index contributed by atoms with van der Waals surface area (Å²) < 4.78 is 55.5. The lowest BCUT2D eigenvalue weighted by atomic mass is 9.96. The Kier molecular flexibility index (Phi) is 5.70. The quantitative estimate of drug-likeness (QED) is 0.787. The summed E-state index contributed by atoms with van der Waals surface area (Å²) in [6.07, 6.45) is -4.75. The Balaban J connectivity index is 1.96. The molecule has 0 unspecified atom stereocenters. The van der Waals surface area contributed by atoms with Gasteiger partial charge in [-0.3, -0.25) is 4.90 Å². The van der Waals surface area contributed by atoms with Crippen molar-refractivity contribution in [1.29, 1.82) is 0 Å². The average Bonchev–Trinajstić information content (AvgIpc) is 2.59. The summed E-state index contributed by atoms with van der Waals surface area (Å²) in [5, 5.41) is 3.63. The highest BCUT2D eigenvalue weighted by molar-refractivity contribution is 6.30. The zero-order chi connectivity index (χ0) is 18.7. The molecule has 1 atom stereocenters. The molecule has 3 nitrogen and oxygen atoms in total. The van der Waals surface area contributed by atoms with E-state index in [9.17, 15) is 17.6 Å². The first-order valence-corrected chi connectivity index (χ1v) is 8.47. The number of benzene rings is 2. The van der Waals surface area contributed by atoms with Crippen molar-refractivity contribution in [2.24, 2.45) is 0 Å². The Morgan fingerprint density at radius 3 is 2.31 bits per heavy atom. The maximum absolute atomic E-state index is 14.5. The van der Waals surface area contributed by atoms with Crippen LogP contribution in [-0.4, -0.2) is 37.4 Å². The predicted octanol–water partition coefficient (Wildman–Crippen LogP) is 4.37. The van der Waals surface area contributed by atoms with Gasteiger partial charge in [0, 0.05) is 36.8 Å². The van der Waals surface area contributed by atoms with Gasteiger partial charge in [-0.25, -0.2) is 4.39 Å². The molecule has 0 radical (unpaired) electrons. The van der Waals surface area contributed by atoms with E-state index in [0.29, 0.717) is 29.2 Å². The summed E-state index contributed by atoms with van der Waals surface area (Å²) in [4.78, 5) is 2.07. The summed E-state index contributed by atoms with van der Waals surface area (Å²) in [7, 11) is 0. The second-order valence-electron chi connectivity index (χ2n) is 5.97. The van der Waals surface area contributed by atoms with Gasteiger partial charge in [-0.1, -0.05) is 23.7 Å². The van der Waals surface area contributed by atoms with Crippen LogP contribution in [0.5, 0.6) is 5.75 Å². The molecular weight excluding hydrogens is 372 g/mol. The van der Waals surface area contributed by atoms with Gasteiger partial charge in [0.05, 0.1) is 6.04 Å². The molecule has 1 aliphatic heterocycles. The van der Waals surface area contributed by atoms with Crippen molar-refractivity contribution in [1.82, 2.24) is 10.2 Å². The molecule has 1 fully saturated rings. The fourth-order valence-corrected chi connectivity index (χ4v) is 3.28. The molecule has 140 valence electrons. The second-order valence-corrected chi connectivity index (χ2v) is 6.41. The van der Waals surface area contributed by atoms with E-state index in [1.807, 2.05) is 0 Å². The lowest BCUT2D eigenvalue weighted by Crippen LogP contribution is -2.45. The van der Waals surface area contributed by atoms with Gasteiger partial charge in [0.1, 0.15) is 11.6 Å². The summed E-state index contributed by atoms with van der Waals surface area (Å²) in [5.41, 5.74) is 1.06. The van der Waals surface area contributed by atoms with Crippen molar-refractivity contribution in [3.05, 3.63) is 64.4 Å². The van der Waals surface area contributed by atoms with Crippen LogP contribution in [-0.2, 0) is 0 Å². The SMILES string of the molecule is Fc1ccc(Cl)cc1[C@H](c1ccc(OC(F)(F)F)cc1)N1CCNCC1. The smallest absolute Gasteiger partial charge is 0.406 e. The summed E-state index contributed by atoms with van der Waals surface area (Å²) in [6.45, 7) is 2.84. The monoisotopic (exact) mass is 388 g/mol. The van der Waals surface area contributed by atoms with Crippen LogP contribution in [0.2, 0.25) is 5.02 Å². The minimum atomic E-state index is -4.75. The fraction of sp³-hybridized carbons (Fsp3) is 0.333. The van der Waals surface area contributed by atoms with Crippen molar-refractivity contribution >= 4 is 11.6 Å². The maximum Gasteiger partial charge on any atom is 0.573 e. The molecule has 0 bridgehead atoms. The predicted molar refractivity (Wildman–Crippen MR) is 90.8 cm³/mol. The summed E-state index contributed by atoms with van der Waals surface area (Å²) in [6, 6.07) is 9.40. The lowest BCUT2D eigenvalue weighted by Gasteiger charge is -2.35. The van der Waals surface area contributed by atoms with Crippen molar-refractivity contribution in [3.63, 3.8) is 0 Å². The maximum atomic E-state index is 14.5. The zero-order valence-electron chi connectivity index (χ0n) is 13.7. The van der Waals surface area contributed by atoms with Crippen molar-refractivity contribution in [2.75, 3.05) is 26.2 Å². The van der Waals surface area contributed by atoms with Crippen LogP contribution in [0.1, 0.15) is 17.2 Å². The molecule has 0 saturated carbocycles. The molecule has 2 aromatic carbocycles. The van der Waals surface area contributed by atoms with Gasteiger partial charge < -0.3 is 10.1 Å². The van der Waals surface area contributed by atoms with E-state index in [1.165, 1.54) is 36.4 Å². The highest BCUT2D eigenvalue weighted by atomic mass is 35.5. The average molecular weight is 389 g/mol. The number of nitrogens with one attached hydrogen (secondary N) is 1. The van der Waals surface area contributed by atoms with Crippen LogP contribution in [0, 0.1) is 5.82 Å². The fourth-order valence-electron chi connectivity index (χ4n) is 3.10. The largest absolute Gasteiger partial charge is 0.573 e. The van der Waals surface area contributed by atoms with Gasteiger partial charge >= 0.3 is 6.36 Å². The normalized spacial score (nSPS) is 17.1. The number of rotatable bonds is 4. The van der Waals surface area contributed by atoms with E-state index >= 15 is 0 Å². The second kappa shape index (κ2) is 7.82. The van der Waals surface area contributed by atoms with Gasteiger partial charge in [-0.2, -0.15) is 0 Å². The molecule has 8 heteroatoms. The van der Waals surface area contributed by atoms with E-state index in [4.69, 9.17) is 11.6 Å². The van der Waals surface area contributed by atoms with E-state index in [0.717, 1.165) is 13.1 Å². The third kappa shape index (κ3) is 4.66. The van der Waals surface area contributed by atoms with Crippen LogP contribution >= 0.6 is 11.6 Å². The van der Waals surface area contributed by atoms with Gasteiger partial charge in [0.2, 0.25) is 0 Å². The first-order chi connectivity index (χ1) is 12.3. The first kappa shape index (κ1) is 18.9. The molecule has 1 N–H and O–H groups in total. The topological polar surface area (TPSA) is 24.5 Å². The third-order valence-corrected chi connectivity index (χ3v) is 4.43. The van der Waals surface area contributed by atoms with E-state index in [2.05, 4.69) is 15.0 Å². The van der Waals surface area contributed by atoms with Crippen LogP contribution in [0.3, 0.4) is 0 Å². The lowest BCUT2D eigenvalue weighted by molar-refractivity contribution is -0.274. The number of piperazine rings is 1. The Labute approximate surface area is 153 Å². The minimum absolute atomic E-state index is 0.313. The molecule has 1 saturated heterocycles. The van der Waals surface area contributed by atoms with Gasteiger partial charge in [0.25, 0.3) is 0 Å². The number of halogens is 5. The zero-order valence-corrected chi connectivity index (χ0v) is 14.4. The molecule has 3 rings (SSSR count). The molecule has 0 spiro atoms. The molecule has 1 aliphatic rings. The number of nitrogens with zero attached hydrogens (tertiary/aromatic N) is 1. The van der Waals surface area contributed by atoms with Gasteiger partial charge in [-0.15, -0.1) is 13.2 Å². The highest BCUT2D eigenvalue weighted by Crippen LogP contribution is 2.34. The van der Waals surface area contributed by atoms with Crippen molar-refractivity contribution in [2.45, 2.75) is 12.4 Å². The van der Waals surface area contributed by atoms with E-state index < -0.39 is 18.2 Å². The number of hydrogen-bond donors (Lipinski definition) is 1. The molecule has 0 aromatic heterocycles. The van der Waals surface area contributed by atoms with Gasteiger partial charge in [-0.05, 0) is 35.9 Å². The van der Waals surface area contributed by atoms with Crippen LogP contribution in [0.15, 0.2) is 42.5 Å². The Morgan fingerprint density at radius 2 is 1.69 bits per heavy atom. The first-order valence-electron chi connectivity index (χ1n) is 8.09. The molecule has 0 aliphatic carbocycles. The number of ether oxygens (including phenoxy) is 1. The molecule has 26 heavy (non-hydrogen) atoms. The summed E-state index contributed by atoms with van der Waals surface area (Å²) >= 11 is 6.04. The standard InChI is InChI=1S/C18H17ClF4N2O/c19-13-3-6-16(20)15(11-13)17(25-9-7-24-8-10-25)12-1-4-14(5-2-12)26-18(21,22)23/h1-6,11,17,24H,7-10H2/t17-/m0/s1. The summed E-state index contributed by atoms with van der Waals surface area (Å²) in [5.74, 6) is -0.722. The van der Waals surface area contributed by atoms with Gasteiger partial charge in [0.15, 0.2) is 0 Å². The van der Waals surface area contributed by atoms with Crippen LogP contribution < -0.4 is 10.1 Å². The Morgan fingerprint density at radius 1 is 1.04 bits per heavy atom. The minimum Gasteiger partial charge on any atom is -0.406 e. The number of alkyl halides is 3.